The van der Waals surface area contributed by atoms with Crippen molar-refractivity contribution in [3.05, 3.63) is 0 Å². The lowest BCUT2D eigenvalue weighted by atomic mass is 9.80. The molecule has 0 N–H and O–H groups in total. The summed E-state index contributed by atoms with van der Waals surface area (Å²) in [4.78, 5) is 0. The van der Waals surface area contributed by atoms with Crippen molar-refractivity contribution < 1.29 is 8.78 Å². The van der Waals surface area contributed by atoms with Crippen LogP contribution in [-0.4, -0.2) is 5.92 Å². The number of hydrogen-bond donors (Lipinski definition) is 0. The Labute approximate surface area is 75.8 Å². The monoisotopic (exact) mass is 184 g/mol. The molecule has 1 saturated carbocycles. The zero-order chi connectivity index (χ0) is 9.90. The van der Waals surface area contributed by atoms with E-state index in [1.165, 1.54) is 0 Å². The van der Waals surface area contributed by atoms with Crippen molar-refractivity contribution in [1.82, 2.24) is 0 Å². The van der Waals surface area contributed by atoms with Gasteiger partial charge < -0.3 is 0 Å². The van der Waals surface area contributed by atoms with Crippen molar-refractivity contribution in [2.75, 3.05) is 0 Å². The average molecular weight is 184 g/mol. The highest BCUT2D eigenvalue weighted by atomic mass is 19.3. The van der Waals surface area contributed by atoms with Gasteiger partial charge in [0, 0.05) is 12.8 Å². The van der Waals surface area contributed by atoms with E-state index < -0.39 is 11.8 Å². The van der Waals surface area contributed by atoms with E-state index in [1.54, 1.807) is 0 Å². The third-order valence-electron chi connectivity index (χ3n) is 2.51. The summed E-state index contributed by atoms with van der Waals surface area (Å²) in [5, 5.41) is 17.1. The van der Waals surface area contributed by atoms with E-state index in [2.05, 4.69) is 0 Å². The predicted molar refractivity (Wildman–Crippen MR) is 41.6 cm³/mol. The first-order valence-corrected chi connectivity index (χ1v) is 4.26. The van der Waals surface area contributed by atoms with E-state index in [1.807, 2.05) is 12.1 Å². The van der Waals surface area contributed by atoms with Crippen molar-refractivity contribution in [2.24, 2.45) is 11.8 Å². The molecule has 1 fully saturated rings. The molecule has 4 heteroatoms. The van der Waals surface area contributed by atoms with Gasteiger partial charge in [-0.3, -0.25) is 0 Å². The smallest absolute Gasteiger partial charge is 0.207 e. The molecule has 0 saturated heterocycles. The van der Waals surface area contributed by atoms with Crippen LogP contribution in [0.3, 0.4) is 0 Å². The first kappa shape index (κ1) is 9.92. The fourth-order valence-electron chi connectivity index (χ4n) is 1.64. The lowest BCUT2D eigenvalue weighted by Crippen LogP contribution is -2.27. The Morgan fingerprint density at radius 3 is 2.00 bits per heavy atom. The molecule has 0 aliphatic heterocycles. The maximum absolute atomic E-state index is 12.7. The van der Waals surface area contributed by atoms with Gasteiger partial charge in [0.2, 0.25) is 5.92 Å². The van der Waals surface area contributed by atoms with Gasteiger partial charge in [-0.25, -0.2) is 8.78 Å². The minimum Gasteiger partial charge on any atom is -0.207 e. The summed E-state index contributed by atoms with van der Waals surface area (Å²) in [6.07, 6.45) is 0.215. The zero-order valence-electron chi connectivity index (χ0n) is 7.13. The van der Waals surface area contributed by atoms with E-state index in [0.717, 1.165) is 0 Å². The molecule has 1 aliphatic carbocycles. The molecule has 0 amide bonds. The number of rotatable bonds is 1. The summed E-state index contributed by atoms with van der Waals surface area (Å²) in [6.45, 7) is 0. The predicted octanol–water partition coefficient (Wildman–Crippen LogP) is 2.48. The van der Waals surface area contributed by atoms with E-state index in [9.17, 15) is 8.78 Å². The number of halogens is 2. The lowest BCUT2D eigenvalue weighted by molar-refractivity contribution is -0.0477. The Balaban J connectivity index is 2.52. The summed E-state index contributed by atoms with van der Waals surface area (Å²) in [7, 11) is 0. The van der Waals surface area contributed by atoms with E-state index in [-0.39, 0.29) is 18.8 Å². The quantitative estimate of drug-likeness (QED) is 0.628. The van der Waals surface area contributed by atoms with Crippen LogP contribution in [0.25, 0.3) is 0 Å². The highest BCUT2D eigenvalue weighted by Gasteiger charge is 2.37. The molecule has 0 aromatic carbocycles. The van der Waals surface area contributed by atoms with Gasteiger partial charge in [0.25, 0.3) is 0 Å². The van der Waals surface area contributed by atoms with Crippen molar-refractivity contribution in [3.63, 3.8) is 0 Å². The molecule has 0 heterocycles. The van der Waals surface area contributed by atoms with Crippen molar-refractivity contribution in [2.45, 2.75) is 31.6 Å². The highest BCUT2D eigenvalue weighted by Crippen LogP contribution is 2.38. The normalized spacial score (nSPS) is 22.2. The second-order valence-corrected chi connectivity index (χ2v) is 3.43. The van der Waals surface area contributed by atoms with Crippen molar-refractivity contribution in [1.29, 1.82) is 10.5 Å². The molecule has 1 aliphatic rings. The molecular weight excluding hydrogens is 174 g/mol. The third-order valence-corrected chi connectivity index (χ3v) is 2.51. The van der Waals surface area contributed by atoms with Crippen LogP contribution in [0, 0.1) is 34.5 Å². The SMILES string of the molecule is N#CC(C#N)C1CCC(F)(F)CC1. The number of hydrogen-bond acceptors (Lipinski definition) is 2. The van der Waals surface area contributed by atoms with Gasteiger partial charge in [-0.1, -0.05) is 0 Å². The Kier molecular flexibility index (Phi) is 2.83. The third kappa shape index (κ3) is 2.39. The number of alkyl halides is 2. The first-order valence-electron chi connectivity index (χ1n) is 4.26. The van der Waals surface area contributed by atoms with Crippen molar-refractivity contribution in [3.8, 4) is 12.1 Å². The Hall–Kier alpha value is -1.16. The van der Waals surface area contributed by atoms with Crippen LogP contribution >= 0.6 is 0 Å². The van der Waals surface area contributed by atoms with Gasteiger partial charge in [-0.15, -0.1) is 0 Å². The Bertz CT molecular complexity index is 238. The molecule has 2 nitrogen and oxygen atoms in total. The molecule has 13 heavy (non-hydrogen) atoms. The standard InChI is InChI=1S/C9H10F2N2/c10-9(11)3-1-7(2-4-9)8(5-12)6-13/h7-8H,1-4H2. The summed E-state index contributed by atoms with van der Waals surface area (Å²) in [5.41, 5.74) is 0. The van der Waals surface area contributed by atoms with Gasteiger partial charge >= 0.3 is 0 Å². The molecule has 0 aromatic rings. The number of nitrogens with zero attached hydrogens (tertiary/aromatic N) is 2. The summed E-state index contributed by atoms with van der Waals surface area (Å²) < 4.78 is 25.4. The summed E-state index contributed by atoms with van der Waals surface area (Å²) in [5.74, 6) is -3.45. The lowest BCUT2D eigenvalue weighted by Gasteiger charge is -2.28. The minimum absolute atomic E-state index is 0.158. The van der Waals surface area contributed by atoms with Gasteiger partial charge in [-0.05, 0) is 18.8 Å². The fourth-order valence-corrected chi connectivity index (χ4v) is 1.64. The summed E-state index contributed by atoms with van der Waals surface area (Å²) in [6, 6.07) is 3.69. The van der Waals surface area contributed by atoms with Crippen LogP contribution in [-0.2, 0) is 0 Å². The van der Waals surface area contributed by atoms with Crippen LogP contribution in [0.2, 0.25) is 0 Å². The molecule has 0 atom stereocenters. The molecule has 0 bridgehead atoms. The fraction of sp³-hybridized carbons (Fsp3) is 0.778. The molecule has 0 radical (unpaired) electrons. The Morgan fingerprint density at radius 2 is 1.62 bits per heavy atom. The Morgan fingerprint density at radius 1 is 1.15 bits per heavy atom. The van der Waals surface area contributed by atoms with E-state index in [0.29, 0.717) is 12.8 Å². The van der Waals surface area contributed by atoms with Gasteiger partial charge in [-0.2, -0.15) is 10.5 Å². The topological polar surface area (TPSA) is 47.6 Å². The van der Waals surface area contributed by atoms with Crippen LogP contribution in [0.5, 0.6) is 0 Å². The molecule has 0 aromatic heterocycles. The second-order valence-electron chi connectivity index (χ2n) is 3.43. The maximum atomic E-state index is 12.7. The van der Waals surface area contributed by atoms with Gasteiger partial charge in [0.05, 0.1) is 12.1 Å². The van der Waals surface area contributed by atoms with Crippen LogP contribution in [0.15, 0.2) is 0 Å². The van der Waals surface area contributed by atoms with Gasteiger partial charge in [0.15, 0.2) is 0 Å². The second kappa shape index (κ2) is 3.70. The van der Waals surface area contributed by atoms with Crippen LogP contribution in [0.4, 0.5) is 8.78 Å². The van der Waals surface area contributed by atoms with Crippen LogP contribution in [0.1, 0.15) is 25.7 Å². The number of nitriles is 2. The molecule has 0 unspecified atom stereocenters. The molecule has 0 spiro atoms. The molecule has 1 rings (SSSR count). The maximum Gasteiger partial charge on any atom is 0.248 e. The largest absolute Gasteiger partial charge is 0.248 e. The van der Waals surface area contributed by atoms with E-state index in [4.69, 9.17) is 10.5 Å². The van der Waals surface area contributed by atoms with Gasteiger partial charge in [0.1, 0.15) is 5.92 Å². The van der Waals surface area contributed by atoms with E-state index >= 15 is 0 Å². The highest BCUT2D eigenvalue weighted by molar-refractivity contribution is 5.03. The first-order chi connectivity index (χ1) is 6.09. The van der Waals surface area contributed by atoms with Crippen LogP contribution < -0.4 is 0 Å². The average Bonchev–Trinajstić information content (AvgIpc) is 2.09. The molecular formula is C9H10F2N2. The summed E-state index contributed by atoms with van der Waals surface area (Å²) >= 11 is 0. The minimum atomic E-state index is -2.58. The van der Waals surface area contributed by atoms with Crippen molar-refractivity contribution >= 4 is 0 Å². The zero-order valence-corrected chi connectivity index (χ0v) is 7.13. The molecule has 70 valence electrons.